The number of imidazole rings is 1. The molecule has 0 fully saturated rings. The molecular formula is C16H16FN5O2. The summed E-state index contributed by atoms with van der Waals surface area (Å²) >= 11 is 0. The van der Waals surface area contributed by atoms with Gasteiger partial charge in [0.1, 0.15) is 5.82 Å². The number of halogens is 1. The first kappa shape index (κ1) is 15.9. The number of nitrogens with zero attached hydrogens (tertiary/aromatic N) is 4. The molecule has 3 aromatic rings. The number of rotatable bonds is 5. The van der Waals surface area contributed by atoms with Gasteiger partial charge in [-0.2, -0.15) is 5.10 Å². The molecule has 0 aliphatic heterocycles. The van der Waals surface area contributed by atoms with E-state index in [2.05, 4.69) is 15.4 Å². The SMILES string of the molecule is CCn1nc(C(=O)NCCn2ccnc2)c(=O)c2cc(F)ccc21. The zero-order chi connectivity index (χ0) is 17.1. The second kappa shape index (κ2) is 6.61. The van der Waals surface area contributed by atoms with Gasteiger partial charge < -0.3 is 9.88 Å². The molecule has 124 valence electrons. The molecule has 0 spiro atoms. The average Bonchev–Trinajstić information content (AvgIpc) is 3.09. The van der Waals surface area contributed by atoms with Gasteiger partial charge in [0.15, 0.2) is 5.69 Å². The Morgan fingerprint density at radius 3 is 2.92 bits per heavy atom. The van der Waals surface area contributed by atoms with Crippen molar-refractivity contribution in [3.8, 4) is 0 Å². The Kier molecular flexibility index (Phi) is 4.37. The predicted octanol–water partition coefficient (Wildman–Crippen LogP) is 1.18. The lowest BCUT2D eigenvalue weighted by molar-refractivity contribution is 0.0944. The van der Waals surface area contributed by atoms with Crippen LogP contribution < -0.4 is 10.7 Å². The van der Waals surface area contributed by atoms with E-state index in [1.165, 1.54) is 16.8 Å². The van der Waals surface area contributed by atoms with Crippen LogP contribution in [0.5, 0.6) is 0 Å². The number of hydrogen-bond donors (Lipinski definition) is 1. The number of aryl methyl sites for hydroxylation is 1. The number of fused-ring (bicyclic) bond motifs is 1. The van der Waals surface area contributed by atoms with E-state index >= 15 is 0 Å². The van der Waals surface area contributed by atoms with Gasteiger partial charge in [-0.1, -0.05) is 0 Å². The van der Waals surface area contributed by atoms with Gasteiger partial charge in [-0.15, -0.1) is 0 Å². The van der Waals surface area contributed by atoms with Crippen LogP contribution in [0.3, 0.4) is 0 Å². The summed E-state index contributed by atoms with van der Waals surface area (Å²) in [7, 11) is 0. The Labute approximate surface area is 136 Å². The fourth-order valence-corrected chi connectivity index (χ4v) is 2.45. The van der Waals surface area contributed by atoms with Gasteiger partial charge in [0, 0.05) is 32.0 Å². The second-order valence-electron chi connectivity index (χ2n) is 5.21. The summed E-state index contributed by atoms with van der Waals surface area (Å²) in [5, 5.41) is 6.91. The Morgan fingerprint density at radius 1 is 1.38 bits per heavy atom. The minimum Gasteiger partial charge on any atom is -0.349 e. The fraction of sp³-hybridized carbons (Fsp3) is 0.250. The van der Waals surface area contributed by atoms with Crippen LogP contribution >= 0.6 is 0 Å². The van der Waals surface area contributed by atoms with E-state index in [0.29, 0.717) is 25.2 Å². The zero-order valence-electron chi connectivity index (χ0n) is 13.1. The minimum absolute atomic E-state index is 0.145. The second-order valence-corrected chi connectivity index (χ2v) is 5.21. The molecule has 8 heteroatoms. The first-order valence-corrected chi connectivity index (χ1v) is 7.54. The molecule has 0 radical (unpaired) electrons. The van der Waals surface area contributed by atoms with Crippen LogP contribution in [0.2, 0.25) is 0 Å². The number of amides is 1. The predicted molar refractivity (Wildman–Crippen MR) is 86.2 cm³/mol. The summed E-state index contributed by atoms with van der Waals surface area (Å²) in [6.07, 6.45) is 5.04. The van der Waals surface area contributed by atoms with Gasteiger partial charge in [-0.3, -0.25) is 14.3 Å². The molecule has 0 unspecified atom stereocenters. The summed E-state index contributed by atoms with van der Waals surface area (Å²) in [5.41, 5.74) is -0.311. The van der Waals surface area contributed by atoms with Crippen molar-refractivity contribution in [3.63, 3.8) is 0 Å². The molecule has 0 aliphatic rings. The summed E-state index contributed by atoms with van der Waals surface area (Å²) in [4.78, 5) is 28.7. The van der Waals surface area contributed by atoms with Gasteiger partial charge in [0.2, 0.25) is 5.43 Å². The molecule has 0 saturated heterocycles. The van der Waals surface area contributed by atoms with Crippen molar-refractivity contribution in [3.05, 3.63) is 58.7 Å². The Bertz CT molecular complexity index is 934. The number of benzene rings is 1. The van der Waals surface area contributed by atoms with Crippen LogP contribution in [0.15, 0.2) is 41.7 Å². The Morgan fingerprint density at radius 2 is 2.21 bits per heavy atom. The molecule has 1 amide bonds. The maximum Gasteiger partial charge on any atom is 0.275 e. The van der Waals surface area contributed by atoms with E-state index in [4.69, 9.17) is 0 Å². The molecular weight excluding hydrogens is 313 g/mol. The lowest BCUT2D eigenvalue weighted by Gasteiger charge is -2.10. The Hall–Kier alpha value is -3.03. The third-order valence-electron chi connectivity index (χ3n) is 3.65. The molecule has 24 heavy (non-hydrogen) atoms. The standard InChI is InChI=1S/C16H16FN5O2/c1-2-22-13-4-3-11(17)9-12(13)15(23)14(20-22)16(24)19-6-8-21-7-5-18-10-21/h3-5,7,9-10H,2,6,8H2,1H3,(H,19,24). The molecule has 1 aromatic carbocycles. The lowest BCUT2D eigenvalue weighted by Crippen LogP contribution is -2.33. The summed E-state index contributed by atoms with van der Waals surface area (Å²) in [5.74, 6) is -1.10. The van der Waals surface area contributed by atoms with Gasteiger partial charge in [0.05, 0.1) is 17.2 Å². The highest BCUT2D eigenvalue weighted by molar-refractivity contribution is 5.95. The number of hydrogen-bond acceptors (Lipinski definition) is 4. The lowest BCUT2D eigenvalue weighted by atomic mass is 10.2. The van der Waals surface area contributed by atoms with Crippen molar-refractivity contribution in [2.45, 2.75) is 20.0 Å². The van der Waals surface area contributed by atoms with E-state index in [-0.39, 0.29) is 11.1 Å². The topological polar surface area (TPSA) is 81.8 Å². The van der Waals surface area contributed by atoms with Gasteiger partial charge in [-0.05, 0) is 25.1 Å². The highest BCUT2D eigenvalue weighted by Crippen LogP contribution is 2.12. The van der Waals surface area contributed by atoms with Crippen LogP contribution in [-0.4, -0.2) is 31.8 Å². The minimum atomic E-state index is -0.575. The third kappa shape index (κ3) is 3.03. The maximum atomic E-state index is 13.5. The Balaban J connectivity index is 1.89. The van der Waals surface area contributed by atoms with Crippen molar-refractivity contribution in [2.75, 3.05) is 6.54 Å². The van der Waals surface area contributed by atoms with Gasteiger partial charge >= 0.3 is 0 Å². The fourth-order valence-electron chi connectivity index (χ4n) is 2.45. The molecule has 3 rings (SSSR count). The van der Waals surface area contributed by atoms with Crippen LogP contribution in [0.25, 0.3) is 10.9 Å². The van der Waals surface area contributed by atoms with E-state index in [1.807, 2.05) is 6.92 Å². The molecule has 0 bridgehead atoms. The average molecular weight is 329 g/mol. The number of nitrogens with one attached hydrogen (secondary N) is 1. The van der Waals surface area contributed by atoms with Crippen molar-refractivity contribution in [1.29, 1.82) is 0 Å². The molecule has 1 N–H and O–H groups in total. The van der Waals surface area contributed by atoms with Crippen molar-refractivity contribution >= 4 is 16.8 Å². The van der Waals surface area contributed by atoms with Crippen LogP contribution in [0.4, 0.5) is 4.39 Å². The first-order valence-electron chi connectivity index (χ1n) is 7.54. The number of aromatic nitrogens is 4. The van der Waals surface area contributed by atoms with Gasteiger partial charge in [0.25, 0.3) is 5.91 Å². The summed E-state index contributed by atoms with van der Waals surface area (Å²) in [6.45, 7) is 3.14. The van der Waals surface area contributed by atoms with Crippen molar-refractivity contribution in [2.24, 2.45) is 0 Å². The smallest absolute Gasteiger partial charge is 0.275 e. The van der Waals surface area contributed by atoms with Gasteiger partial charge in [-0.25, -0.2) is 9.37 Å². The third-order valence-corrected chi connectivity index (χ3v) is 3.65. The molecule has 7 nitrogen and oxygen atoms in total. The summed E-state index contributed by atoms with van der Waals surface area (Å²) < 4.78 is 16.8. The van der Waals surface area contributed by atoms with Crippen LogP contribution in [0, 0.1) is 5.82 Å². The zero-order valence-corrected chi connectivity index (χ0v) is 13.1. The van der Waals surface area contributed by atoms with Crippen LogP contribution in [0.1, 0.15) is 17.4 Å². The van der Waals surface area contributed by atoms with Crippen molar-refractivity contribution in [1.82, 2.24) is 24.6 Å². The van der Waals surface area contributed by atoms with E-state index in [9.17, 15) is 14.0 Å². The van der Waals surface area contributed by atoms with Crippen LogP contribution in [-0.2, 0) is 13.1 Å². The number of carbonyl (C=O) groups excluding carboxylic acids is 1. The van der Waals surface area contributed by atoms with E-state index in [1.54, 1.807) is 23.3 Å². The van der Waals surface area contributed by atoms with E-state index < -0.39 is 17.2 Å². The monoisotopic (exact) mass is 329 g/mol. The first-order chi connectivity index (χ1) is 11.6. The number of carbonyl (C=O) groups is 1. The quantitative estimate of drug-likeness (QED) is 0.762. The molecule has 2 aromatic heterocycles. The highest BCUT2D eigenvalue weighted by Gasteiger charge is 2.17. The normalized spacial score (nSPS) is 10.9. The largest absolute Gasteiger partial charge is 0.349 e. The molecule has 2 heterocycles. The molecule has 0 saturated carbocycles. The molecule has 0 atom stereocenters. The van der Waals surface area contributed by atoms with E-state index in [0.717, 1.165) is 6.07 Å². The highest BCUT2D eigenvalue weighted by atomic mass is 19.1. The summed E-state index contributed by atoms with van der Waals surface area (Å²) in [6, 6.07) is 3.89. The van der Waals surface area contributed by atoms with Crippen molar-refractivity contribution < 1.29 is 9.18 Å². The maximum absolute atomic E-state index is 13.5. The molecule has 0 aliphatic carbocycles.